The molecule has 0 radical (unpaired) electrons. The Morgan fingerprint density at radius 3 is 1.88 bits per heavy atom. The first kappa shape index (κ1) is 17.9. The van der Waals surface area contributed by atoms with Gasteiger partial charge in [0.05, 0.1) is 0 Å². The Balaban J connectivity index is 1.70. The largest absolute Gasteiger partial charge is 0.308 e. The van der Waals surface area contributed by atoms with E-state index < -0.39 is 0 Å². The zero-order valence-corrected chi connectivity index (χ0v) is 15.8. The smallest absolute Gasteiger partial charge is 0.0106 e. The lowest BCUT2D eigenvalue weighted by Gasteiger charge is -2.19. The van der Waals surface area contributed by atoms with Crippen LogP contribution >= 0.6 is 0 Å². The molecule has 2 heteroatoms. The van der Waals surface area contributed by atoms with Crippen LogP contribution in [0.25, 0.3) is 21.5 Å². The average Bonchev–Trinajstić information content (AvgIpc) is 2.62. The highest BCUT2D eigenvalue weighted by atomic mass is 15.1. The first-order chi connectivity index (χ1) is 12.1. The summed E-state index contributed by atoms with van der Waals surface area (Å²) in [6.45, 7) is 3.45. The fourth-order valence-corrected chi connectivity index (χ4v) is 3.54. The van der Waals surface area contributed by atoms with Gasteiger partial charge in [0.2, 0.25) is 0 Å². The molecule has 0 unspecified atom stereocenters. The van der Waals surface area contributed by atoms with Crippen LogP contribution in [0.15, 0.2) is 54.6 Å². The fraction of sp³-hybridized carbons (Fsp3) is 0.391. The molecule has 0 fully saturated rings. The van der Waals surface area contributed by atoms with Crippen LogP contribution in [-0.4, -0.2) is 50.6 Å². The van der Waals surface area contributed by atoms with E-state index in [9.17, 15) is 0 Å². The van der Waals surface area contributed by atoms with Crippen molar-refractivity contribution in [2.75, 3.05) is 40.8 Å². The third-order valence-corrected chi connectivity index (χ3v) is 5.03. The number of aryl methyl sites for hydroxylation is 1. The van der Waals surface area contributed by atoms with Gasteiger partial charge >= 0.3 is 0 Å². The summed E-state index contributed by atoms with van der Waals surface area (Å²) < 4.78 is 0. The topological polar surface area (TPSA) is 6.48 Å². The summed E-state index contributed by atoms with van der Waals surface area (Å²) in [6, 6.07) is 20.0. The molecule has 0 N–H and O–H groups in total. The number of fused-ring (bicyclic) bond motifs is 2. The summed E-state index contributed by atoms with van der Waals surface area (Å²) in [5.41, 5.74) is 1.52. The van der Waals surface area contributed by atoms with E-state index in [0.29, 0.717) is 0 Å². The summed E-state index contributed by atoms with van der Waals surface area (Å²) in [5.74, 6) is 0. The first-order valence-corrected chi connectivity index (χ1v) is 9.38. The fourth-order valence-electron chi connectivity index (χ4n) is 3.54. The van der Waals surface area contributed by atoms with Crippen LogP contribution in [0.3, 0.4) is 0 Å². The van der Waals surface area contributed by atoms with Crippen molar-refractivity contribution in [3.63, 3.8) is 0 Å². The van der Waals surface area contributed by atoms with E-state index in [1.54, 1.807) is 0 Å². The van der Waals surface area contributed by atoms with Gasteiger partial charge < -0.3 is 9.80 Å². The molecule has 0 heterocycles. The van der Waals surface area contributed by atoms with E-state index in [-0.39, 0.29) is 0 Å². The van der Waals surface area contributed by atoms with E-state index in [4.69, 9.17) is 0 Å². The normalized spacial score (nSPS) is 11.9. The molecule has 0 saturated heterocycles. The third kappa shape index (κ3) is 4.59. The maximum Gasteiger partial charge on any atom is 0.0106 e. The van der Waals surface area contributed by atoms with Crippen molar-refractivity contribution >= 4 is 21.5 Å². The number of likely N-dealkylation sites (N-methyl/N-ethyl adjacent to an activating group) is 2. The first-order valence-electron chi connectivity index (χ1n) is 9.38. The van der Waals surface area contributed by atoms with E-state index in [1.807, 2.05) is 0 Å². The summed E-state index contributed by atoms with van der Waals surface area (Å²) in [7, 11) is 6.51. The Labute approximate surface area is 152 Å². The number of nitrogens with zero attached hydrogens (tertiary/aromatic N) is 2. The molecular weight excluding hydrogens is 304 g/mol. The van der Waals surface area contributed by atoms with Crippen molar-refractivity contribution in [2.45, 2.75) is 19.3 Å². The molecule has 25 heavy (non-hydrogen) atoms. The lowest BCUT2D eigenvalue weighted by atomic mass is 9.93. The second kappa shape index (κ2) is 8.46. The van der Waals surface area contributed by atoms with Gasteiger partial charge in [-0.3, -0.25) is 0 Å². The number of unbranched alkanes of at least 4 members (excludes halogenated alkanes) is 1. The molecule has 0 aliphatic carbocycles. The molecule has 0 saturated carbocycles. The van der Waals surface area contributed by atoms with Crippen molar-refractivity contribution in [1.29, 1.82) is 0 Å². The highest BCUT2D eigenvalue weighted by Gasteiger charge is 2.07. The van der Waals surface area contributed by atoms with E-state index >= 15 is 0 Å². The molecule has 0 amide bonds. The monoisotopic (exact) mass is 334 g/mol. The van der Waals surface area contributed by atoms with Crippen molar-refractivity contribution in [2.24, 2.45) is 0 Å². The minimum Gasteiger partial charge on any atom is -0.308 e. The van der Waals surface area contributed by atoms with Crippen molar-refractivity contribution in [3.05, 3.63) is 60.2 Å². The van der Waals surface area contributed by atoms with E-state index in [2.05, 4.69) is 85.5 Å². The maximum atomic E-state index is 2.45. The van der Waals surface area contributed by atoms with Gasteiger partial charge in [0.1, 0.15) is 0 Å². The molecule has 0 atom stereocenters. The number of hydrogen-bond acceptors (Lipinski definition) is 2. The van der Waals surface area contributed by atoms with Gasteiger partial charge in [-0.2, -0.15) is 0 Å². The predicted molar refractivity (Wildman–Crippen MR) is 110 cm³/mol. The second-order valence-electron chi connectivity index (χ2n) is 7.36. The predicted octanol–water partition coefficient (Wildman–Crippen LogP) is 4.81. The molecule has 3 aromatic carbocycles. The third-order valence-electron chi connectivity index (χ3n) is 5.03. The van der Waals surface area contributed by atoms with Gasteiger partial charge in [0, 0.05) is 13.1 Å². The SMILES string of the molecule is CN(C)CCN(C)CCCCc1c2ccccc2cc2ccccc12. The van der Waals surface area contributed by atoms with Crippen LogP contribution in [0.2, 0.25) is 0 Å². The van der Waals surface area contributed by atoms with Gasteiger partial charge in [-0.05, 0) is 80.1 Å². The Morgan fingerprint density at radius 2 is 1.28 bits per heavy atom. The van der Waals surface area contributed by atoms with Crippen molar-refractivity contribution < 1.29 is 0 Å². The molecule has 0 spiro atoms. The van der Waals surface area contributed by atoms with Gasteiger partial charge in [-0.15, -0.1) is 0 Å². The van der Waals surface area contributed by atoms with Crippen LogP contribution in [0.1, 0.15) is 18.4 Å². The molecule has 3 aromatic rings. The summed E-state index contributed by atoms with van der Waals surface area (Å²) in [6.07, 6.45) is 3.65. The van der Waals surface area contributed by atoms with Crippen LogP contribution in [0.4, 0.5) is 0 Å². The second-order valence-corrected chi connectivity index (χ2v) is 7.36. The number of hydrogen-bond donors (Lipinski definition) is 0. The summed E-state index contributed by atoms with van der Waals surface area (Å²) in [4.78, 5) is 4.69. The number of benzene rings is 3. The minimum absolute atomic E-state index is 1.13. The molecule has 0 aliphatic heterocycles. The molecule has 2 nitrogen and oxygen atoms in total. The molecule has 0 aromatic heterocycles. The van der Waals surface area contributed by atoms with Crippen LogP contribution in [-0.2, 0) is 6.42 Å². The highest BCUT2D eigenvalue weighted by Crippen LogP contribution is 2.29. The summed E-state index contributed by atoms with van der Waals surface area (Å²) in [5, 5.41) is 5.56. The van der Waals surface area contributed by atoms with E-state index in [0.717, 1.165) is 19.5 Å². The van der Waals surface area contributed by atoms with Crippen molar-refractivity contribution in [3.8, 4) is 0 Å². The van der Waals surface area contributed by atoms with Crippen LogP contribution in [0, 0.1) is 0 Å². The lowest BCUT2D eigenvalue weighted by molar-refractivity contribution is 0.278. The highest BCUT2D eigenvalue weighted by molar-refractivity contribution is 6.02. The van der Waals surface area contributed by atoms with Crippen LogP contribution < -0.4 is 0 Å². The maximum absolute atomic E-state index is 2.45. The van der Waals surface area contributed by atoms with Gasteiger partial charge in [0.15, 0.2) is 0 Å². The van der Waals surface area contributed by atoms with Gasteiger partial charge in [-0.1, -0.05) is 48.5 Å². The average molecular weight is 335 g/mol. The quantitative estimate of drug-likeness (QED) is 0.431. The van der Waals surface area contributed by atoms with Gasteiger partial charge in [-0.25, -0.2) is 0 Å². The Morgan fingerprint density at radius 1 is 0.680 bits per heavy atom. The zero-order valence-electron chi connectivity index (χ0n) is 15.8. The van der Waals surface area contributed by atoms with E-state index in [1.165, 1.54) is 46.5 Å². The molecule has 0 bridgehead atoms. The zero-order chi connectivity index (χ0) is 17.6. The Hall–Kier alpha value is -1.90. The number of rotatable bonds is 8. The standard InChI is InChI=1S/C23H30N2/c1-24(2)16-17-25(3)15-9-8-14-23-21-12-6-4-10-19(21)18-20-11-5-7-13-22(20)23/h4-7,10-13,18H,8-9,14-17H2,1-3H3. The summed E-state index contributed by atoms with van der Waals surface area (Å²) >= 11 is 0. The van der Waals surface area contributed by atoms with Gasteiger partial charge in [0.25, 0.3) is 0 Å². The van der Waals surface area contributed by atoms with Crippen molar-refractivity contribution in [1.82, 2.24) is 9.80 Å². The molecular formula is C23H30N2. The molecule has 132 valence electrons. The molecule has 0 aliphatic rings. The van der Waals surface area contributed by atoms with Crippen LogP contribution in [0.5, 0.6) is 0 Å². The minimum atomic E-state index is 1.13. The lowest BCUT2D eigenvalue weighted by Crippen LogP contribution is -2.29. The molecule has 3 rings (SSSR count). The Bertz CT molecular complexity index is 769. The Kier molecular flexibility index (Phi) is 6.06.